The summed E-state index contributed by atoms with van der Waals surface area (Å²) in [6, 6.07) is 1.07. The molecule has 1 N–H and O–H groups in total. The SMILES string of the molecule is Cc1nn(C2CCS(=O)(=O)C2)c(Cl)c1/C=C/C(=O)OC(C)C(=O)Nc1ncc(Cl)cc1Cl. The lowest BCUT2D eigenvalue weighted by atomic mass is 10.2. The van der Waals surface area contributed by atoms with Crippen LogP contribution in [-0.2, 0) is 24.2 Å². The van der Waals surface area contributed by atoms with E-state index in [2.05, 4.69) is 15.4 Å². The van der Waals surface area contributed by atoms with Gasteiger partial charge in [-0.1, -0.05) is 34.8 Å². The van der Waals surface area contributed by atoms with E-state index in [1.807, 2.05) is 0 Å². The van der Waals surface area contributed by atoms with Crippen molar-refractivity contribution in [2.45, 2.75) is 32.4 Å². The number of sulfone groups is 1. The highest BCUT2D eigenvalue weighted by molar-refractivity contribution is 7.91. The molecule has 13 heteroatoms. The maximum Gasteiger partial charge on any atom is 0.331 e. The van der Waals surface area contributed by atoms with Gasteiger partial charge in [0.05, 0.1) is 33.3 Å². The highest BCUT2D eigenvalue weighted by atomic mass is 35.5. The molecule has 2 aromatic heterocycles. The van der Waals surface area contributed by atoms with Crippen molar-refractivity contribution >= 4 is 68.4 Å². The molecule has 32 heavy (non-hydrogen) atoms. The van der Waals surface area contributed by atoms with Crippen LogP contribution in [0.2, 0.25) is 15.2 Å². The topological polar surface area (TPSA) is 120 Å². The second-order valence-electron chi connectivity index (χ2n) is 7.18. The van der Waals surface area contributed by atoms with E-state index in [0.29, 0.717) is 22.7 Å². The molecule has 9 nitrogen and oxygen atoms in total. The van der Waals surface area contributed by atoms with Gasteiger partial charge in [0.25, 0.3) is 5.91 Å². The van der Waals surface area contributed by atoms with E-state index in [4.69, 9.17) is 39.5 Å². The number of rotatable bonds is 6. The summed E-state index contributed by atoms with van der Waals surface area (Å²) in [5.41, 5.74) is 0.986. The second kappa shape index (κ2) is 9.78. The lowest BCUT2D eigenvalue weighted by Crippen LogP contribution is -2.29. The van der Waals surface area contributed by atoms with Crippen molar-refractivity contribution in [2.24, 2.45) is 0 Å². The summed E-state index contributed by atoms with van der Waals surface area (Å²) in [5.74, 6) is -1.27. The van der Waals surface area contributed by atoms with E-state index in [-0.39, 0.29) is 33.5 Å². The predicted octanol–water partition coefficient (Wildman–Crippen LogP) is 3.49. The predicted molar refractivity (Wildman–Crippen MR) is 122 cm³/mol. The van der Waals surface area contributed by atoms with E-state index in [1.54, 1.807) is 6.92 Å². The number of esters is 1. The van der Waals surface area contributed by atoms with Gasteiger partial charge in [-0.3, -0.25) is 4.79 Å². The smallest absolute Gasteiger partial charge is 0.331 e. The Balaban J connectivity index is 1.63. The maximum atomic E-state index is 12.2. The van der Waals surface area contributed by atoms with Crippen LogP contribution in [0.25, 0.3) is 6.08 Å². The molecule has 0 radical (unpaired) electrons. The summed E-state index contributed by atoms with van der Waals surface area (Å²) in [6.45, 7) is 3.08. The van der Waals surface area contributed by atoms with Crippen LogP contribution in [0.3, 0.4) is 0 Å². The Morgan fingerprint density at radius 3 is 2.69 bits per heavy atom. The lowest BCUT2D eigenvalue weighted by molar-refractivity contribution is -0.148. The van der Waals surface area contributed by atoms with Crippen LogP contribution in [0.15, 0.2) is 18.3 Å². The van der Waals surface area contributed by atoms with Gasteiger partial charge >= 0.3 is 5.97 Å². The summed E-state index contributed by atoms with van der Waals surface area (Å²) < 4.78 is 30.0. The van der Waals surface area contributed by atoms with Gasteiger partial charge in [-0.25, -0.2) is 22.9 Å². The van der Waals surface area contributed by atoms with Crippen molar-refractivity contribution in [1.29, 1.82) is 0 Å². The van der Waals surface area contributed by atoms with E-state index in [0.717, 1.165) is 6.08 Å². The minimum absolute atomic E-state index is 0.0296. The number of carbonyl (C=O) groups is 2. The number of hydrogen-bond acceptors (Lipinski definition) is 7. The zero-order valence-electron chi connectivity index (χ0n) is 17.0. The van der Waals surface area contributed by atoms with Gasteiger partial charge in [-0.2, -0.15) is 5.10 Å². The number of hydrogen-bond donors (Lipinski definition) is 1. The molecule has 1 aliphatic rings. The molecule has 1 amide bonds. The van der Waals surface area contributed by atoms with Gasteiger partial charge in [-0.05, 0) is 32.4 Å². The number of nitrogens with one attached hydrogen (secondary N) is 1. The van der Waals surface area contributed by atoms with Crippen molar-refractivity contribution in [3.63, 3.8) is 0 Å². The molecule has 2 unspecified atom stereocenters. The first-order valence-corrected chi connectivity index (χ1v) is 12.4. The summed E-state index contributed by atoms with van der Waals surface area (Å²) in [5, 5.41) is 7.44. The van der Waals surface area contributed by atoms with E-state index >= 15 is 0 Å². The van der Waals surface area contributed by atoms with Crippen molar-refractivity contribution in [3.8, 4) is 0 Å². The number of anilines is 1. The van der Waals surface area contributed by atoms with Gasteiger partial charge < -0.3 is 10.1 Å². The molecule has 172 valence electrons. The quantitative estimate of drug-likeness (QED) is 0.456. The Morgan fingerprint density at radius 2 is 2.06 bits per heavy atom. The molecule has 3 rings (SSSR count). The van der Waals surface area contributed by atoms with Crippen LogP contribution in [0.5, 0.6) is 0 Å². The maximum absolute atomic E-state index is 12.2. The van der Waals surface area contributed by atoms with Gasteiger partial charge in [0.2, 0.25) is 0 Å². The van der Waals surface area contributed by atoms with Gasteiger partial charge in [0, 0.05) is 17.8 Å². The number of aryl methyl sites for hydroxylation is 1. The molecule has 0 aromatic carbocycles. The zero-order chi connectivity index (χ0) is 23.6. The Kier molecular flexibility index (Phi) is 7.49. The van der Waals surface area contributed by atoms with Crippen molar-refractivity contribution < 1.29 is 22.7 Å². The number of nitrogens with zero attached hydrogens (tertiary/aromatic N) is 3. The fraction of sp³-hybridized carbons (Fsp3) is 0.368. The summed E-state index contributed by atoms with van der Waals surface area (Å²) in [7, 11) is -3.11. The van der Waals surface area contributed by atoms with Gasteiger partial charge in [0.1, 0.15) is 5.15 Å². The van der Waals surface area contributed by atoms with Crippen LogP contribution in [0, 0.1) is 6.92 Å². The third-order valence-electron chi connectivity index (χ3n) is 4.72. The lowest BCUT2D eigenvalue weighted by Gasteiger charge is -2.12. The Labute approximate surface area is 199 Å². The molecule has 0 spiro atoms. The molecule has 0 bridgehead atoms. The largest absolute Gasteiger partial charge is 0.449 e. The monoisotopic (exact) mass is 520 g/mol. The number of halogens is 3. The first-order chi connectivity index (χ1) is 15.0. The van der Waals surface area contributed by atoms with Crippen molar-refractivity contribution in [1.82, 2.24) is 14.8 Å². The molecule has 3 heterocycles. The minimum Gasteiger partial charge on any atom is -0.449 e. The number of pyridine rings is 1. The van der Waals surface area contributed by atoms with E-state index < -0.39 is 27.8 Å². The highest BCUT2D eigenvalue weighted by Gasteiger charge is 2.31. The molecule has 2 aromatic rings. The first-order valence-electron chi connectivity index (χ1n) is 9.42. The average molecular weight is 522 g/mol. The van der Waals surface area contributed by atoms with Crippen molar-refractivity contribution in [2.75, 3.05) is 16.8 Å². The van der Waals surface area contributed by atoms with Gasteiger partial charge in [-0.15, -0.1) is 0 Å². The molecule has 0 saturated carbocycles. The first kappa shape index (κ1) is 24.5. The normalized spacial score (nSPS) is 18.6. The molecular formula is C19H19Cl3N4O5S. The fourth-order valence-corrected chi connectivity index (χ4v) is 5.57. The molecule has 1 fully saturated rings. The number of aromatic nitrogens is 3. The Morgan fingerprint density at radius 1 is 1.34 bits per heavy atom. The molecule has 2 atom stereocenters. The molecule has 0 aliphatic carbocycles. The average Bonchev–Trinajstić information content (AvgIpc) is 3.20. The van der Waals surface area contributed by atoms with E-state index in [1.165, 1.54) is 29.9 Å². The third-order valence-corrected chi connectivity index (χ3v) is 7.34. The van der Waals surface area contributed by atoms with E-state index in [9.17, 15) is 18.0 Å². The summed E-state index contributed by atoms with van der Waals surface area (Å²) >= 11 is 18.1. The standard InChI is InChI=1S/C19H19Cl3N4O5S/c1-10-14(17(22)26(25-10)13-5-6-32(29,30)9-13)3-4-16(27)31-11(2)19(28)24-18-15(21)7-12(20)8-23-18/h3-4,7-8,11,13H,5-6,9H2,1-2H3,(H,23,24,28)/b4-3+. The second-order valence-corrected chi connectivity index (χ2v) is 10.6. The van der Waals surface area contributed by atoms with Gasteiger partial charge in [0.15, 0.2) is 21.8 Å². The molecule has 1 aliphatic heterocycles. The molecular weight excluding hydrogens is 503 g/mol. The van der Waals surface area contributed by atoms with Crippen LogP contribution >= 0.6 is 34.8 Å². The third kappa shape index (κ3) is 5.80. The summed E-state index contributed by atoms with van der Waals surface area (Å²) in [6.07, 6.45) is 3.13. The van der Waals surface area contributed by atoms with Crippen molar-refractivity contribution in [3.05, 3.63) is 44.8 Å². The number of ether oxygens (including phenoxy) is 1. The minimum atomic E-state index is -3.11. The number of amides is 1. The molecule has 1 saturated heterocycles. The Bertz CT molecular complexity index is 1200. The van der Waals surface area contributed by atoms with Crippen LogP contribution in [0.4, 0.5) is 5.82 Å². The Hall–Kier alpha value is -2.14. The highest BCUT2D eigenvalue weighted by Crippen LogP contribution is 2.30. The van der Waals surface area contributed by atoms with Crippen LogP contribution in [-0.4, -0.2) is 52.7 Å². The summed E-state index contributed by atoms with van der Waals surface area (Å²) in [4.78, 5) is 28.3. The van der Waals surface area contributed by atoms with Crippen LogP contribution in [0.1, 0.15) is 30.6 Å². The van der Waals surface area contributed by atoms with Crippen LogP contribution < -0.4 is 5.32 Å². The zero-order valence-corrected chi connectivity index (χ0v) is 20.1. The fourth-order valence-electron chi connectivity index (χ4n) is 3.07. The number of carbonyl (C=O) groups excluding carboxylic acids is 2.